The van der Waals surface area contributed by atoms with Crippen molar-refractivity contribution in [1.29, 1.82) is 0 Å². The molecule has 0 heterocycles. The molecule has 2 aromatic carbocycles. The monoisotopic (exact) mass is 344 g/mol. The van der Waals surface area contributed by atoms with Gasteiger partial charge < -0.3 is 20.1 Å². The molecule has 0 atom stereocenters. The number of ether oxygens (including phenoxy) is 2. The first-order valence-corrected chi connectivity index (χ1v) is 8.42. The average Bonchev–Trinajstić information content (AvgIpc) is 2.57. The second kappa shape index (κ2) is 9.13. The molecule has 0 amide bonds. The van der Waals surface area contributed by atoms with E-state index in [1.807, 2.05) is 50.2 Å². The van der Waals surface area contributed by atoms with Gasteiger partial charge in [0.15, 0.2) is 5.11 Å². The van der Waals surface area contributed by atoms with Crippen molar-refractivity contribution < 1.29 is 9.47 Å². The van der Waals surface area contributed by atoms with Crippen LogP contribution in [0.25, 0.3) is 0 Å². The fraction of sp³-hybridized carbons (Fsp3) is 0.316. The summed E-state index contributed by atoms with van der Waals surface area (Å²) in [5.74, 6) is 1.72. The summed E-state index contributed by atoms with van der Waals surface area (Å²) < 4.78 is 10.8. The lowest BCUT2D eigenvalue weighted by Gasteiger charge is -2.12. The quantitative estimate of drug-likeness (QED) is 0.743. The van der Waals surface area contributed by atoms with E-state index >= 15 is 0 Å². The van der Waals surface area contributed by atoms with Gasteiger partial charge in [0, 0.05) is 12.2 Å². The van der Waals surface area contributed by atoms with Gasteiger partial charge in [-0.2, -0.15) is 0 Å². The van der Waals surface area contributed by atoms with Gasteiger partial charge in [0.2, 0.25) is 0 Å². The molecular formula is C19H24N2O2S. The van der Waals surface area contributed by atoms with Gasteiger partial charge in [0.1, 0.15) is 11.5 Å². The average molecular weight is 344 g/mol. The van der Waals surface area contributed by atoms with Gasteiger partial charge in [-0.25, -0.2) is 0 Å². The molecule has 24 heavy (non-hydrogen) atoms. The molecule has 2 rings (SSSR count). The summed E-state index contributed by atoms with van der Waals surface area (Å²) in [4.78, 5) is 0. The van der Waals surface area contributed by atoms with Crippen molar-refractivity contribution in [2.75, 3.05) is 19.0 Å². The zero-order valence-corrected chi connectivity index (χ0v) is 15.2. The van der Waals surface area contributed by atoms with Crippen molar-refractivity contribution in [2.24, 2.45) is 0 Å². The van der Waals surface area contributed by atoms with Gasteiger partial charge in [0.05, 0.1) is 13.2 Å². The van der Waals surface area contributed by atoms with Crippen LogP contribution in [0.3, 0.4) is 0 Å². The Bertz CT molecular complexity index is 639. The smallest absolute Gasteiger partial charge is 0.170 e. The van der Waals surface area contributed by atoms with Crippen LogP contribution in [0.5, 0.6) is 11.5 Å². The lowest BCUT2D eigenvalue weighted by molar-refractivity contribution is 0.242. The number of methoxy groups -OCH3 is 1. The Morgan fingerprint density at radius 1 is 1.00 bits per heavy atom. The third-order valence-electron chi connectivity index (χ3n) is 3.34. The Kier molecular flexibility index (Phi) is 6.88. The van der Waals surface area contributed by atoms with Gasteiger partial charge in [-0.15, -0.1) is 0 Å². The van der Waals surface area contributed by atoms with E-state index < -0.39 is 0 Å². The minimum Gasteiger partial charge on any atom is -0.497 e. The summed E-state index contributed by atoms with van der Waals surface area (Å²) in [6.07, 6.45) is 1.07. The zero-order chi connectivity index (χ0) is 17.4. The van der Waals surface area contributed by atoms with Crippen molar-refractivity contribution in [3.63, 3.8) is 0 Å². The molecule has 2 aromatic rings. The number of nitrogens with one attached hydrogen (secondary N) is 2. The molecule has 0 saturated carbocycles. The normalized spacial score (nSPS) is 10.3. The summed E-state index contributed by atoms with van der Waals surface area (Å²) in [7, 11) is 1.67. The molecule has 2 N–H and O–H groups in total. The third kappa shape index (κ3) is 6.08. The molecule has 0 saturated heterocycles. The highest BCUT2D eigenvalue weighted by Gasteiger charge is 2.01. The van der Waals surface area contributed by atoms with E-state index in [0.717, 1.165) is 30.2 Å². The molecule has 0 aromatic heterocycles. The Morgan fingerprint density at radius 2 is 1.62 bits per heavy atom. The Hall–Kier alpha value is -2.27. The Labute approximate surface area is 149 Å². The van der Waals surface area contributed by atoms with E-state index in [1.54, 1.807) is 7.11 Å². The summed E-state index contributed by atoms with van der Waals surface area (Å²) in [5, 5.41) is 7.00. The van der Waals surface area contributed by atoms with E-state index in [9.17, 15) is 0 Å². The highest BCUT2D eigenvalue weighted by molar-refractivity contribution is 7.80. The molecule has 0 spiro atoms. The van der Waals surface area contributed by atoms with Gasteiger partial charge in [0.25, 0.3) is 0 Å². The summed E-state index contributed by atoms with van der Waals surface area (Å²) in [5.41, 5.74) is 2.18. The summed E-state index contributed by atoms with van der Waals surface area (Å²) >= 11 is 5.32. The maximum atomic E-state index is 5.62. The maximum absolute atomic E-state index is 5.62. The lowest BCUT2D eigenvalue weighted by atomic mass is 10.1. The predicted molar refractivity (Wildman–Crippen MR) is 103 cm³/mol. The molecule has 0 fully saturated rings. The Balaban J connectivity index is 1.74. The summed E-state index contributed by atoms with van der Waals surface area (Å²) in [6, 6.07) is 15.8. The van der Waals surface area contributed by atoms with E-state index in [-0.39, 0.29) is 6.10 Å². The van der Waals surface area contributed by atoms with Crippen molar-refractivity contribution in [2.45, 2.75) is 26.4 Å². The van der Waals surface area contributed by atoms with Gasteiger partial charge in [-0.05, 0) is 74.4 Å². The fourth-order valence-corrected chi connectivity index (χ4v) is 2.40. The molecule has 0 bridgehead atoms. The first kappa shape index (κ1) is 18.1. The van der Waals surface area contributed by atoms with Crippen LogP contribution >= 0.6 is 12.2 Å². The van der Waals surface area contributed by atoms with E-state index in [0.29, 0.717) is 5.11 Å². The maximum Gasteiger partial charge on any atom is 0.170 e. The third-order valence-corrected chi connectivity index (χ3v) is 3.59. The van der Waals surface area contributed by atoms with Crippen LogP contribution in [0.2, 0.25) is 0 Å². The zero-order valence-electron chi connectivity index (χ0n) is 14.3. The molecule has 0 aliphatic heterocycles. The number of anilines is 1. The van der Waals surface area contributed by atoms with Gasteiger partial charge in [-0.1, -0.05) is 12.1 Å². The first-order chi connectivity index (χ1) is 11.6. The van der Waals surface area contributed by atoms with Crippen LogP contribution < -0.4 is 20.1 Å². The number of benzene rings is 2. The highest BCUT2D eigenvalue weighted by atomic mass is 32.1. The van der Waals surface area contributed by atoms with Crippen molar-refractivity contribution in [3.8, 4) is 11.5 Å². The van der Waals surface area contributed by atoms with Crippen LogP contribution in [0, 0.1) is 0 Å². The van der Waals surface area contributed by atoms with E-state index in [2.05, 4.69) is 22.8 Å². The first-order valence-electron chi connectivity index (χ1n) is 8.01. The second-order valence-corrected chi connectivity index (χ2v) is 6.08. The van der Waals surface area contributed by atoms with Crippen LogP contribution in [0.15, 0.2) is 48.5 Å². The standard InChI is InChI=1S/C19H24N2O2S/c1-14(2)23-18-10-6-16(7-11-18)21-19(24)20-13-12-15-4-8-17(22-3)9-5-15/h4-11,14H,12-13H2,1-3H3,(H2,20,21,24). The molecule has 5 heteroatoms. The van der Waals surface area contributed by atoms with Crippen LogP contribution in [-0.2, 0) is 6.42 Å². The molecule has 0 unspecified atom stereocenters. The van der Waals surface area contributed by atoms with Crippen LogP contribution in [-0.4, -0.2) is 24.9 Å². The predicted octanol–water partition coefficient (Wildman–Crippen LogP) is 4.01. The largest absolute Gasteiger partial charge is 0.497 e. The molecule has 0 radical (unpaired) electrons. The van der Waals surface area contributed by atoms with Crippen molar-refractivity contribution in [3.05, 3.63) is 54.1 Å². The van der Waals surface area contributed by atoms with E-state index in [1.165, 1.54) is 5.56 Å². The van der Waals surface area contributed by atoms with Gasteiger partial charge in [-0.3, -0.25) is 0 Å². The van der Waals surface area contributed by atoms with E-state index in [4.69, 9.17) is 21.7 Å². The minimum absolute atomic E-state index is 0.171. The molecule has 4 nitrogen and oxygen atoms in total. The summed E-state index contributed by atoms with van der Waals surface area (Å²) in [6.45, 7) is 4.79. The lowest BCUT2D eigenvalue weighted by Crippen LogP contribution is -2.30. The van der Waals surface area contributed by atoms with Gasteiger partial charge >= 0.3 is 0 Å². The minimum atomic E-state index is 0.171. The highest BCUT2D eigenvalue weighted by Crippen LogP contribution is 2.17. The topological polar surface area (TPSA) is 42.5 Å². The number of hydrogen-bond donors (Lipinski definition) is 2. The van der Waals surface area contributed by atoms with Crippen molar-refractivity contribution in [1.82, 2.24) is 5.32 Å². The molecular weight excluding hydrogens is 320 g/mol. The SMILES string of the molecule is COc1ccc(CCNC(=S)Nc2ccc(OC(C)C)cc2)cc1. The van der Waals surface area contributed by atoms with Crippen molar-refractivity contribution >= 4 is 23.0 Å². The van der Waals surface area contributed by atoms with Crippen LogP contribution in [0.4, 0.5) is 5.69 Å². The Morgan fingerprint density at radius 3 is 2.21 bits per heavy atom. The molecule has 128 valence electrons. The fourth-order valence-electron chi connectivity index (χ4n) is 2.18. The molecule has 0 aliphatic rings. The molecule has 0 aliphatic carbocycles. The number of thiocarbonyl (C=S) groups is 1. The number of rotatable bonds is 7. The number of hydrogen-bond acceptors (Lipinski definition) is 3. The second-order valence-electron chi connectivity index (χ2n) is 5.67. The van der Waals surface area contributed by atoms with Crippen LogP contribution in [0.1, 0.15) is 19.4 Å².